The molecule has 0 N–H and O–H groups in total. The van der Waals surface area contributed by atoms with E-state index in [0.717, 1.165) is 12.0 Å². The molecule has 3 aromatic carbocycles. The first-order valence-corrected chi connectivity index (χ1v) is 10.2. The molecule has 0 aliphatic carbocycles. The van der Waals surface area contributed by atoms with Gasteiger partial charge in [-0.2, -0.15) is 13.2 Å². The minimum Gasteiger partial charge on any atom is -0.491 e. The molecule has 0 unspecified atom stereocenters. The molecular formula is C25H24F4O2. The normalized spacial score (nSPS) is 11.4. The van der Waals surface area contributed by atoms with Gasteiger partial charge in [0.1, 0.15) is 5.75 Å². The Labute approximate surface area is 179 Å². The molecule has 0 spiro atoms. The maximum Gasteiger partial charge on any atom is 0.398 e. The Bertz CT molecular complexity index is 999. The zero-order valence-electron chi connectivity index (χ0n) is 17.4. The van der Waals surface area contributed by atoms with Gasteiger partial charge in [-0.05, 0) is 60.7 Å². The van der Waals surface area contributed by atoms with E-state index in [2.05, 4.69) is 0 Å². The summed E-state index contributed by atoms with van der Waals surface area (Å²) in [5.74, 6) is -2.09. The number of rotatable bonds is 9. The second kappa shape index (κ2) is 9.86. The topological polar surface area (TPSA) is 18.5 Å². The van der Waals surface area contributed by atoms with Crippen molar-refractivity contribution in [3.05, 3.63) is 83.4 Å². The quantitative estimate of drug-likeness (QED) is 0.333. The lowest BCUT2D eigenvalue weighted by Crippen LogP contribution is -2.25. The highest BCUT2D eigenvalue weighted by Gasteiger charge is 2.31. The fraction of sp³-hybridized carbons (Fsp3) is 0.280. The first-order chi connectivity index (χ1) is 14.8. The largest absolute Gasteiger partial charge is 0.491 e. The molecule has 6 heteroatoms. The highest BCUT2D eigenvalue weighted by atomic mass is 19.3. The van der Waals surface area contributed by atoms with Crippen molar-refractivity contribution in [3.8, 4) is 22.6 Å². The summed E-state index contributed by atoms with van der Waals surface area (Å²) < 4.78 is 66.7. The van der Waals surface area contributed by atoms with Crippen molar-refractivity contribution in [2.45, 2.75) is 39.2 Å². The second-order valence-corrected chi connectivity index (χ2v) is 7.11. The zero-order valence-corrected chi connectivity index (χ0v) is 17.4. The van der Waals surface area contributed by atoms with Gasteiger partial charge in [0.25, 0.3) is 0 Å². The van der Waals surface area contributed by atoms with Gasteiger partial charge >= 0.3 is 6.11 Å². The van der Waals surface area contributed by atoms with Crippen molar-refractivity contribution in [3.63, 3.8) is 0 Å². The summed E-state index contributed by atoms with van der Waals surface area (Å²) in [6.45, 7) is 3.89. The van der Waals surface area contributed by atoms with Gasteiger partial charge in [0.05, 0.1) is 13.0 Å². The molecule has 0 amide bonds. The maximum absolute atomic E-state index is 14.4. The summed E-state index contributed by atoms with van der Waals surface area (Å²) in [5, 5.41) is 0. The number of hydrogen-bond acceptors (Lipinski definition) is 2. The van der Waals surface area contributed by atoms with E-state index in [0.29, 0.717) is 11.1 Å². The molecule has 0 bridgehead atoms. The summed E-state index contributed by atoms with van der Waals surface area (Å²) in [6.07, 6.45) is -2.94. The summed E-state index contributed by atoms with van der Waals surface area (Å²) in [6, 6.07) is 15.8. The van der Waals surface area contributed by atoms with Crippen LogP contribution < -0.4 is 9.47 Å². The van der Waals surface area contributed by atoms with Crippen molar-refractivity contribution in [2.24, 2.45) is 0 Å². The van der Waals surface area contributed by atoms with Crippen LogP contribution in [0.3, 0.4) is 0 Å². The summed E-state index contributed by atoms with van der Waals surface area (Å²) in [7, 11) is 0. The lowest BCUT2D eigenvalue weighted by Gasteiger charge is -2.18. The van der Waals surface area contributed by atoms with Crippen molar-refractivity contribution < 1.29 is 27.0 Å². The third kappa shape index (κ3) is 5.78. The zero-order chi connectivity index (χ0) is 22.4. The Kier molecular flexibility index (Phi) is 7.21. The van der Waals surface area contributed by atoms with Crippen LogP contribution in [0.15, 0.2) is 60.7 Å². The highest BCUT2D eigenvalue weighted by molar-refractivity contribution is 5.65. The van der Waals surface area contributed by atoms with E-state index in [1.165, 1.54) is 24.3 Å². The van der Waals surface area contributed by atoms with Gasteiger partial charge in [-0.25, -0.2) is 4.39 Å². The molecular weight excluding hydrogens is 408 g/mol. The minimum atomic E-state index is -3.32. The van der Waals surface area contributed by atoms with Crippen LogP contribution in [-0.4, -0.2) is 12.7 Å². The Balaban J connectivity index is 1.64. The summed E-state index contributed by atoms with van der Waals surface area (Å²) in [4.78, 5) is 0. The molecule has 164 valence electrons. The molecule has 0 aliphatic rings. The van der Waals surface area contributed by atoms with Gasteiger partial charge in [0.15, 0.2) is 11.6 Å². The minimum absolute atomic E-state index is 0.0699. The number of hydrogen-bond donors (Lipinski definition) is 0. The lowest BCUT2D eigenvalue weighted by molar-refractivity contribution is -0.180. The number of aryl methyl sites for hydroxylation is 2. The van der Waals surface area contributed by atoms with Crippen molar-refractivity contribution in [2.75, 3.05) is 6.61 Å². The van der Waals surface area contributed by atoms with Gasteiger partial charge in [-0.15, -0.1) is 0 Å². The SMILES string of the molecule is CCOc1ccc(-c2ccc(CCC(F)(F)Oc3ccc(CC)cc3)cc2)c(F)c1F. The van der Waals surface area contributed by atoms with E-state index in [1.54, 1.807) is 43.3 Å². The Morgan fingerprint density at radius 1 is 0.774 bits per heavy atom. The molecule has 31 heavy (non-hydrogen) atoms. The van der Waals surface area contributed by atoms with Crippen LogP contribution in [-0.2, 0) is 12.8 Å². The highest BCUT2D eigenvalue weighted by Crippen LogP contribution is 2.31. The van der Waals surface area contributed by atoms with Crippen LogP contribution in [0, 0.1) is 11.6 Å². The molecule has 0 aliphatic heterocycles. The van der Waals surface area contributed by atoms with E-state index >= 15 is 0 Å². The van der Waals surface area contributed by atoms with Crippen LogP contribution in [0.25, 0.3) is 11.1 Å². The Morgan fingerprint density at radius 3 is 2.03 bits per heavy atom. The average molecular weight is 432 g/mol. The average Bonchev–Trinajstić information content (AvgIpc) is 2.77. The molecule has 0 saturated carbocycles. The van der Waals surface area contributed by atoms with Crippen LogP contribution >= 0.6 is 0 Å². The van der Waals surface area contributed by atoms with Crippen molar-refractivity contribution in [1.82, 2.24) is 0 Å². The summed E-state index contributed by atoms with van der Waals surface area (Å²) in [5.41, 5.74) is 2.21. The Morgan fingerprint density at radius 2 is 1.42 bits per heavy atom. The molecule has 0 aromatic heterocycles. The third-order valence-electron chi connectivity index (χ3n) is 4.92. The van der Waals surface area contributed by atoms with Crippen LogP contribution in [0.5, 0.6) is 11.5 Å². The second-order valence-electron chi connectivity index (χ2n) is 7.11. The maximum atomic E-state index is 14.4. The van der Waals surface area contributed by atoms with E-state index in [9.17, 15) is 17.6 Å². The van der Waals surface area contributed by atoms with Crippen molar-refractivity contribution in [1.29, 1.82) is 0 Å². The van der Waals surface area contributed by atoms with E-state index in [-0.39, 0.29) is 30.1 Å². The number of benzene rings is 3. The smallest absolute Gasteiger partial charge is 0.398 e. The van der Waals surface area contributed by atoms with Gasteiger partial charge in [-0.1, -0.05) is 43.3 Å². The number of halogens is 4. The van der Waals surface area contributed by atoms with Crippen molar-refractivity contribution >= 4 is 0 Å². The van der Waals surface area contributed by atoms with Crippen LogP contribution in [0.4, 0.5) is 17.6 Å². The molecule has 0 radical (unpaired) electrons. The summed E-state index contributed by atoms with van der Waals surface area (Å²) >= 11 is 0. The molecule has 0 fully saturated rings. The number of ether oxygens (including phenoxy) is 2. The fourth-order valence-corrected chi connectivity index (χ4v) is 3.18. The van der Waals surface area contributed by atoms with E-state index in [1.807, 2.05) is 6.92 Å². The molecule has 0 atom stereocenters. The fourth-order valence-electron chi connectivity index (χ4n) is 3.18. The molecule has 2 nitrogen and oxygen atoms in total. The predicted molar refractivity (Wildman–Crippen MR) is 113 cm³/mol. The van der Waals surface area contributed by atoms with Gasteiger partial charge in [0, 0.05) is 5.56 Å². The van der Waals surface area contributed by atoms with Gasteiger partial charge in [-0.3, -0.25) is 0 Å². The molecule has 3 rings (SSSR count). The van der Waals surface area contributed by atoms with Crippen LogP contribution in [0.2, 0.25) is 0 Å². The first-order valence-electron chi connectivity index (χ1n) is 10.2. The van der Waals surface area contributed by atoms with Crippen LogP contribution in [0.1, 0.15) is 31.4 Å². The molecule has 0 heterocycles. The molecule has 3 aromatic rings. The van der Waals surface area contributed by atoms with Gasteiger partial charge < -0.3 is 9.47 Å². The predicted octanol–water partition coefficient (Wildman–Crippen LogP) is 7.20. The van der Waals surface area contributed by atoms with E-state index in [4.69, 9.17) is 9.47 Å². The monoisotopic (exact) mass is 432 g/mol. The third-order valence-corrected chi connectivity index (χ3v) is 4.92. The standard InChI is InChI=1S/C25H24F4O2/c1-3-17-7-11-20(12-8-17)31-25(28,29)16-15-18-5-9-19(10-6-18)21-13-14-22(30-4-2)24(27)23(21)26/h5-14H,3-4,15-16H2,1-2H3. The van der Waals surface area contributed by atoms with E-state index < -0.39 is 24.2 Å². The first kappa shape index (κ1) is 22.7. The number of alkyl halides is 2. The molecule has 0 saturated heterocycles. The Hall–Kier alpha value is -3.02. The lowest BCUT2D eigenvalue weighted by atomic mass is 10.0. The van der Waals surface area contributed by atoms with Gasteiger partial charge in [0.2, 0.25) is 5.82 Å².